The number of carbonyl (C=O) groups is 2. The fourth-order valence-corrected chi connectivity index (χ4v) is 4.10. The zero-order chi connectivity index (χ0) is 25.7. The molecule has 3 aromatic rings. The molecule has 10 heteroatoms. The van der Waals surface area contributed by atoms with Crippen molar-refractivity contribution < 1.29 is 32.2 Å². The molecule has 4 rings (SSSR count). The molecule has 0 aromatic heterocycles. The molecule has 188 valence electrons. The summed E-state index contributed by atoms with van der Waals surface area (Å²) in [5.41, 5.74) is 0.248. The number of alkyl halides is 3. The first-order chi connectivity index (χ1) is 17.2. The molecule has 1 fully saturated rings. The molecule has 1 aliphatic rings. The minimum atomic E-state index is -4.51. The van der Waals surface area contributed by atoms with Crippen LogP contribution in [0.15, 0.2) is 71.2 Å². The quantitative estimate of drug-likeness (QED) is 0.343. The lowest BCUT2D eigenvalue weighted by molar-refractivity contribution is -0.137. The molecule has 0 radical (unpaired) electrons. The van der Waals surface area contributed by atoms with E-state index in [0.717, 1.165) is 31.6 Å². The highest BCUT2D eigenvalue weighted by Gasteiger charge is 2.30. The number of carbonyl (C=O) groups excluding carboxylic acids is 2. The molecule has 3 aromatic carbocycles. The van der Waals surface area contributed by atoms with Gasteiger partial charge in [0.1, 0.15) is 12.4 Å². The number of nitrogens with one attached hydrogen (secondary N) is 2. The first-order valence-electron chi connectivity index (χ1n) is 11.1. The number of anilines is 2. The summed E-state index contributed by atoms with van der Waals surface area (Å²) in [7, 11) is 0. The van der Waals surface area contributed by atoms with Crippen LogP contribution in [-0.4, -0.2) is 31.1 Å². The van der Waals surface area contributed by atoms with Gasteiger partial charge < -0.3 is 20.1 Å². The average molecular weight is 563 g/mol. The average Bonchev–Trinajstić information content (AvgIpc) is 3.37. The van der Waals surface area contributed by atoms with Crippen molar-refractivity contribution in [1.29, 1.82) is 0 Å². The van der Waals surface area contributed by atoms with E-state index in [1.54, 1.807) is 18.2 Å². The van der Waals surface area contributed by atoms with Crippen LogP contribution < -0.4 is 15.4 Å². The Hall–Kier alpha value is -3.37. The molecule has 2 N–H and O–H groups in total. The Morgan fingerprint density at radius 3 is 2.31 bits per heavy atom. The van der Waals surface area contributed by atoms with Crippen molar-refractivity contribution in [2.24, 2.45) is 0 Å². The molecule has 1 atom stereocenters. The van der Waals surface area contributed by atoms with Crippen LogP contribution in [0.4, 0.5) is 24.5 Å². The van der Waals surface area contributed by atoms with E-state index in [1.807, 2.05) is 0 Å². The minimum Gasteiger partial charge on any atom is -0.490 e. The van der Waals surface area contributed by atoms with Crippen LogP contribution in [0, 0.1) is 0 Å². The number of benzene rings is 3. The second kappa shape index (κ2) is 11.1. The Bertz CT molecular complexity index is 1240. The highest BCUT2D eigenvalue weighted by Crippen LogP contribution is 2.31. The molecule has 0 spiro atoms. The fourth-order valence-electron chi connectivity index (χ4n) is 3.60. The number of halogens is 4. The van der Waals surface area contributed by atoms with Crippen molar-refractivity contribution in [3.8, 4) is 5.75 Å². The molecule has 1 heterocycles. The third-order valence-electron chi connectivity index (χ3n) is 5.50. The van der Waals surface area contributed by atoms with Gasteiger partial charge in [0, 0.05) is 29.1 Å². The summed E-state index contributed by atoms with van der Waals surface area (Å²) in [6, 6.07) is 15.4. The third kappa shape index (κ3) is 6.64. The molecule has 6 nitrogen and oxygen atoms in total. The van der Waals surface area contributed by atoms with Gasteiger partial charge in [-0.25, -0.2) is 0 Å². The topological polar surface area (TPSA) is 76.7 Å². The molecule has 2 amide bonds. The summed E-state index contributed by atoms with van der Waals surface area (Å²) >= 11 is 3.43. The smallest absolute Gasteiger partial charge is 0.416 e. The Labute approximate surface area is 213 Å². The number of amides is 2. The largest absolute Gasteiger partial charge is 0.490 e. The van der Waals surface area contributed by atoms with Gasteiger partial charge in [-0.3, -0.25) is 9.59 Å². The summed E-state index contributed by atoms with van der Waals surface area (Å²) in [6.45, 7) is 1.19. The minimum absolute atomic E-state index is 0.0287. The zero-order valence-electron chi connectivity index (χ0n) is 18.9. The van der Waals surface area contributed by atoms with Crippen molar-refractivity contribution in [2.45, 2.75) is 25.1 Å². The fraction of sp³-hybridized carbons (Fsp3) is 0.231. The van der Waals surface area contributed by atoms with Crippen LogP contribution in [0.2, 0.25) is 0 Å². The van der Waals surface area contributed by atoms with Gasteiger partial charge in [-0.2, -0.15) is 13.2 Å². The lowest BCUT2D eigenvalue weighted by Crippen LogP contribution is -2.17. The lowest BCUT2D eigenvalue weighted by Gasteiger charge is -2.13. The predicted octanol–water partition coefficient (Wildman–Crippen LogP) is 6.53. The number of hydrogen-bond acceptors (Lipinski definition) is 4. The van der Waals surface area contributed by atoms with E-state index in [1.165, 1.54) is 36.4 Å². The van der Waals surface area contributed by atoms with E-state index in [-0.39, 0.29) is 23.3 Å². The van der Waals surface area contributed by atoms with Crippen LogP contribution in [-0.2, 0) is 10.9 Å². The second-order valence-electron chi connectivity index (χ2n) is 8.16. The molecule has 0 bridgehead atoms. The maximum atomic E-state index is 12.9. The first-order valence-corrected chi connectivity index (χ1v) is 11.9. The molecule has 36 heavy (non-hydrogen) atoms. The zero-order valence-corrected chi connectivity index (χ0v) is 20.5. The highest BCUT2D eigenvalue weighted by atomic mass is 79.9. The van der Waals surface area contributed by atoms with Gasteiger partial charge in [-0.05, 0) is 89.4 Å². The summed E-state index contributed by atoms with van der Waals surface area (Å²) in [6.07, 6.45) is -2.44. The SMILES string of the molecule is O=C(Nc1cccc(C(F)(F)F)c1)c1ccc(NC(=O)c2ccc(OCC3CCCO3)c(Br)c2)cc1. The Kier molecular flexibility index (Phi) is 7.95. The van der Waals surface area contributed by atoms with Gasteiger partial charge in [0.25, 0.3) is 11.8 Å². The van der Waals surface area contributed by atoms with Crippen LogP contribution in [0.25, 0.3) is 0 Å². The predicted molar refractivity (Wildman–Crippen MR) is 132 cm³/mol. The third-order valence-corrected chi connectivity index (χ3v) is 6.12. The van der Waals surface area contributed by atoms with Gasteiger partial charge in [0.05, 0.1) is 16.1 Å². The Morgan fingerprint density at radius 1 is 0.944 bits per heavy atom. The van der Waals surface area contributed by atoms with E-state index in [0.29, 0.717) is 28.1 Å². The van der Waals surface area contributed by atoms with Gasteiger partial charge in [0.15, 0.2) is 0 Å². The Balaban J connectivity index is 1.34. The highest BCUT2D eigenvalue weighted by molar-refractivity contribution is 9.10. The van der Waals surface area contributed by atoms with Crippen LogP contribution in [0.1, 0.15) is 39.1 Å². The van der Waals surface area contributed by atoms with Gasteiger partial charge in [-0.15, -0.1) is 0 Å². The summed E-state index contributed by atoms with van der Waals surface area (Å²) in [5, 5.41) is 5.19. The van der Waals surface area contributed by atoms with Gasteiger partial charge >= 0.3 is 6.18 Å². The molecular formula is C26H22BrF3N2O4. The molecule has 1 unspecified atom stereocenters. The van der Waals surface area contributed by atoms with E-state index < -0.39 is 17.6 Å². The molecule has 0 saturated carbocycles. The van der Waals surface area contributed by atoms with Crippen molar-refractivity contribution in [3.63, 3.8) is 0 Å². The maximum absolute atomic E-state index is 12.9. The van der Waals surface area contributed by atoms with Crippen LogP contribution >= 0.6 is 15.9 Å². The Morgan fingerprint density at radius 2 is 1.64 bits per heavy atom. The lowest BCUT2D eigenvalue weighted by atomic mass is 10.1. The van der Waals surface area contributed by atoms with E-state index in [9.17, 15) is 22.8 Å². The standard InChI is InChI=1S/C26H22BrF3N2O4/c27-22-13-17(8-11-23(22)36-15-21-5-2-12-35-21)25(34)31-19-9-6-16(7-10-19)24(33)32-20-4-1-3-18(14-20)26(28,29)30/h1,3-4,6-11,13-14,21H,2,5,12,15H2,(H,31,34)(H,32,33). The monoisotopic (exact) mass is 562 g/mol. The first kappa shape index (κ1) is 25.7. The summed E-state index contributed by atoms with van der Waals surface area (Å²) < 4.78 is 50.6. The molecule has 0 aliphatic carbocycles. The van der Waals surface area contributed by atoms with Crippen molar-refractivity contribution in [1.82, 2.24) is 0 Å². The van der Waals surface area contributed by atoms with E-state index in [4.69, 9.17) is 9.47 Å². The van der Waals surface area contributed by atoms with E-state index >= 15 is 0 Å². The number of ether oxygens (including phenoxy) is 2. The molecule has 1 saturated heterocycles. The maximum Gasteiger partial charge on any atom is 0.416 e. The summed E-state index contributed by atoms with van der Waals surface area (Å²) in [5.74, 6) is -0.324. The van der Waals surface area contributed by atoms with E-state index in [2.05, 4.69) is 26.6 Å². The number of rotatable bonds is 7. The summed E-state index contributed by atoms with van der Waals surface area (Å²) in [4.78, 5) is 25.1. The normalized spacial score (nSPS) is 15.4. The van der Waals surface area contributed by atoms with Crippen LogP contribution in [0.5, 0.6) is 5.75 Å². The van der Waals surface area contributed by atoms with Crippen LogP contribution in [0.3, 0.4) is 0 Å². The molecular weight excluding hydrogens is 541 g/mol. The van der Waals surface area contributed by atoms with Crippen molar-refractivity contribution in [2.75, 3.05) is 23.8 Å². The van der Waals surface area contributed by atoms with Crippen molar-refractivity contribution >= 4 is 39.1 Å². The van der Waals surface area contributed by atoms with Crippen molar-refractivity contribution in [3.05, 3.63) is 87.9 Å². The van der Waals surface area contributed by atoms with Gasteiger partial charge in [0.2, 0.25) is 0 Å². The number of hydrogen-bond donors (Lipinski definition) is 2. The molecule has 1 aliphatic heterocycles. The second-order valence-corrected chi connectivity index (χ2v) is 9.01. The van der Waals surface area contributed by atoms with Gasteiger partial charge in [-0.1, -0.05) is 6.07 Å².